The molecule has 2 saturated carbocycles. The molecule has 1 aromatic carbocycles. The van der Waals surface area contributed by atoms with Crippen LogP contribution in [0.15, 0.2) is 12.1 Å². The first-order chi connectivity index (χ1) is 11.6. The molecule has 0 heterocycles. The SMILES string of the molecule is COCc1ccc(C2CCC(C3CCC(C)CC3)CC2)c(F)c1F.[HH].[HH]. The maximum absolute atomic E-state index is 14.4. The van der Waals surface area contributed by atoms with Gasteiger partial charge in [-0.1, -0.05) is 31.9 Å². The maximum Gasteiger partial charge on any atom is 0.164 e. The lowest BCUT2D eigenvalue weighted by Gasteiger charge is -2.37. The molecule has 0 radical (unpaired) electrons. The topological polar surface area (TPSA) is 9.23 Å². The van der Waals surface area contributed by atoms with Crippen LogP contribution in [0.1, 0.15) is 78.2 Å². The molecule has 0 N–H and O–H groups in total. The van der Waals surface area contributed by atoms with Crippen molar-refractivity contribution in [3.8, 4) is 0 Å². The highest BCUT2D eigenvalue weighted by atomic mass is 19.2. The Hall–Kier alpha value is -0.960. The quantitative estimate of drug-likeness (QED) is 0.592. The molecule has 138 valence electrons. The van der Waals surface area contributed by atoms with E-state index in [4.69, 9.17) is 4.74 Å². The zero-order valence-electron chi connectivity index (χ0n) is 15.0. The molecule has 2 fully saturated rings. The third kappa shape index (κ3) is 3.82. The van der Waals surface area contributed by atoms with Crippen molar-refractivity contribution in [2.45, 2.75) is 70.8 Å². The number of ether oxygens (including phenoxy) is 1. The number of hydrogen-bond donors (Lipinski definition) is 0. The maximum atomic E-state index is 14.4. The Morgan fingerprint density at radius 3 is 2.08 bits per heavy atom. The molecule has 24 heavy (non-hydrogen) atoms. The van der Waals surface area contributed by atoms with Crippen LogP contribution in [0.2, 0.25) is 0 Å². The first kappa shape index (κ1) is 17.8. The van der Waals surface area contributed by atoms with Gasteiger partial charge < -0.3 is 4.74 Å². The number of rotatable bonds is 4. The van der Waals surface area contributed by atoms with Crippen LogP contribution in [0.25, 0.3) is 0 Å². The number of methoxy groups -OCH3 is 1. The van der Waals surface area contributed by atoms with Crippen molar-refractivity contribution in [3.63, 3.8) is 0 Å². The molecule has 2 aliphatic carbocycles. The molecule has 0 bridgehead atoms. The molecule has 0 amide bonds. The Morgan fingerprint density at radius 1 is 0.917 bits per heavy atom. The van der Waals surface area contributed by atoms with Crippen LogP contribution >= 0.6 is 0 Å². The molecule has 3 rings (SSSR count). The molecule has 1 aromatic rings. The predicted octanol–water partition coefficient (Wildman–Crippen LogP) is 6.70. The summed E-state index contributed by atoms with van der Waals surface area (Å²) < 4.78 is 33.5. The predicted molar refractivity (Wildman–Crippen MR) is 97.1 cm³/mol. The fraction of sp³-hybridized carbons (Fsp3) is 0.714. The second-order valence-corrected chi connectivity index (χ2v) is 8.01. The van der Waals surface area contributed by atoms with Gasteiger partial charge in [-0.05, 0) is 67.8 Å². The third-order valence-electron chi connectivity index (χ3n) is 6.43. The zero-order chi connectivity index (χ0) is 17.1. The molecular formula is C21H34F2O. The summed E-state index contributed by atoms with van der Waals surface area (Å²) in [4.78, 5) is 0. The van der Waals surface area contributed by atoms with Crippen LogP contribution in [0, 0.1) is 29.4 Å². The highest BCUT2D eigenvalue weighted by molar-refractivity contribution is 5.29. The molecule has 0 spiro atoms. The first-order valence-corrected chi connectivity index (χ1v) is 9.55. The van der Waals surface area contributed by atoms with E-state index in [2.05, 4.69) is 6.92 Å². The van der Waals surface area contributed by atoms with E-state index in [9.17, 15) is 8.78 Å². The van der Waals surface area contributed by atoms with E-state index in [0.29, 0.717) is 11.1 Å². The van der Waals surface area contributed by atoms with Crippen LogP contribution in [-0.4, -0.2) is 7.11 Å². The van der Waals surface area contributed by atoms with Gasteiger partial charge >= 0.3 is 0 Å². The van der Waals surface area contributed by atoms with Crippen molar-refractivity contribution in [2.75, 3.05) is 7.11 Å². The summed E-state index contributed by atoms with van der Waals surface area (Å²) in [7, 11) is 1.50. The van der Waals surface area contributed by atoms with E-state index in [1.165, 1.54) is 45.6 Å². The van der Waals surface area contributed by atoms with Crippen molar-refractivity contribution < 1.29 is 16.4 Å². The van der Waals surface area contributed by atoms with E-state index in [1.54, 1.807) is 12.1 Å². The Bertz CT molecular complexity index is 551. The van der Waals surface area contributed by atoms with Crippen LogP contribution in [0.5, 0.6) is 0 Å². The minimum absolute atomic E-state index is 0. The van der Waals surface area contributed by atoms with Gasteiger partial charge in [-0.15, -0.1) is 0 Å². The minimum atomic E-state index is -0.724. The molecule has 0 aromatic heterocycles. The van der Waals surface area contributed by atoms with Gasteiger partial charge in [-0.3, -0.25) is 0 Å². The number of halogens is 2. The molecule has 2 aliphatic rings. The summed E-state index contributed by atoms with van der Waals surface area (Å²) in [5, 5.41) is 0. The third-order valence-corrected chi connectivity index (χ3v) is 6.43. The molecule has 0 saturated heterocycles. The van der Waals surface area contributed by atoms with Crippen LogP contribution in [0.3, 0.4) is 0 Å². The second-order valence-electron chi connectivity index (χ2n) is 8.01. The average Bonchev–Trinajstić information content (AvgIpc) is 2.60. The highest BCUT2D eigenvalue weighted by Crippen LogP contribution is 2.44. The molecule has 0 aliphatic heterocycles. The van der Waals surface area contributed by atoms with Crippen molar-refractivity contribution in [1.29, 1.82) is 0 Å². The van der Waals surface area contributed by atoms with Gasteiger partial charge in [0.15, 0.2) is 11.6 Å². The van der Waals surface area contributed by atoms with E-state index < -0.39 is 11.6 Å². The lowest BCUT2D eigenvalue weighted by atomic mass is 9.68. The second kappa shape index (κ2) is 7.95. The van der Waals surface area contributed by atoms with Gasteiger partial charge in [0.25, 0.3) is 0 Å². The lowest BCUT2D eigenvalue weighted by Crippen LogP contribution is -2.25. The number of hydrogen-bond acceptors (Lipinski definition) is 1. The van der Waals surface area contributed by atoms with Crippen LogP contribution in [0.4, 0.5) is 8.78 Å². The summed E-state index contributed by atoms with van der Waals surface area (Å²) >= 11 is 0. The highest BCUT2D eigenvalue weighted by Gasteiger charge is 2.31. The Labute approximate surface area is 147 Å². The van der Waals surface area contributed by atoms with Gasteiger partial charge in [0.1, 0.15) is 0 Å². The van der Waals surface area contributed by atoms with Crippen molar-refractivity contribution in [3.05, 3.63) is 34.9 Å². The molecule has 0 atom stereocenters. The Morgan fingerprint density at radius 2 is 1.50 bits per heavy atom. The largest absolute Gasteiger partial charge is 0.380 e. The van der Waals surface area contributed by atoms with E-state index in [0.717, 1.165) is 30.6 Å². The fourth-order valence-electron chi connectivity index (χ4n) is 4.85. The number of benzene rings is 1. The Balaban J connectivity index is 0.00000169. The van der Waals surface area contributed by atoms with Crippen molar-refractivity contribution >= 4 is 0 Å². The molecule has 0 unspecified atom stereocenters. The van der Waals surface area contributed by atoms with Gasteiger partial charge in [-0.2, -0.15) is 0 Å². The van der Waals surface area contributed by atoms with E-state index in [1.807, 2.05) is 0 Å². The lowest BCUT2D eigenvalue weighted by molar-refractivity contribution is 0.164. The van der Waals surface area contributed by atoms with Gasteiger partial charge in [0.05, 0.1) is 6.61 Å². The average molecular weight is 340 g/mol. The van der Waals surface area contributed by atoms with Gasteiger partial charge in [-0.25, -0.2) is 8.78 Å². The summed E-state index contributed by atoms with van der Waals surface area (Å²) in [6.45, 7) is 2.48. The summed E-state index contributed by atoms with van der Waals surface area (Å²) in [6, 6.07) is 3.46. The normalized spacial score (nSPS) is 31.2. The van der Waals surface area contributed by atoms with E-state index >= 15 is 0 Å². The first-order valence-electron chi connectivity index (χ1n) is 9.55. The summed E-state index contributed by atoms with van der Waals surface area (Å²) in [5.74, 6) is 1.36. The zero-order valence-corrected chi connectivity index (χ0v) is 15.0. The van der Waals surface area contributed by atoms with Gasteiger partial charge in [0, 0.05) is 15.5 Å². The van der Waals surface area contributed by atoms with Crippen LogP contribution in [-0.2, 0) is 11.3 Å². The standard InChI is InChI=1S/C21H30F2O.2H2/c1-14-3-5-15(6-4-14)16-7-9-17(10-8-16)19-12-11-18(13-24-2)20(22)21(19)23;;/h11-12,14-17H,3-10,13H2,1-2H3;2*1H. The van der Waals surface area contributed by atoms with Crippen LogP contribution < -0.4 is 0 Å². The monoisotopic (exact) mass is 340 g/mol. The Kier molecular flexibility index (Phi) is 5.91. The summed E-state index contributed by atoms with van der Waals surface area (Å²) in [5.41, 5.74) is 0.881. The smallest absolute Gasteiger partial charge is 0.164 e. The molecular weight excluding hydrogens is 306 g/mol. The van der Waals surface area contributed by atoms with E-state index in [-0.39, 0.29) is 15.4 Å². The fourth-order valence-corrected chi connectivity index (χ4v) is 4.85. The van der Waals surface area contributed by atoms with Gasteiger partial charge in [0.2, 0.25) is 0 Å². The molecule has 1 nitrogen and oxygen atoms in total. The minimum Gasteiger partial charge on any atom is -0.380 e. The van der Waals surface area contributed by atoms with Crippen molar-refractivity contribution in [2.24, 2.45) is 17.8 Å². The van der Waals surface area contributed by atoms with Crippen molar-refractivity contribution in [1.82, 2.24) is 0 Å². The summed E-state index contributed by atoms with van der Waals surface area (Å²) in [6.07, 6.45) is 9.80. The molecule has 3 heteroatoms.